The van der Waals surface area contributed by atoms with Crippen molar-refractivity contribution in [1.29, 1.82) is 0 Å². The Bertz CT molecular complexity index is 1140. The Kier molecular flexibility index (Phi) is 4.42. The molecule has 28 heavy (non-hydrogen) atoms. The second-order valence-electron chi connectivity index (χ2n) is 6.33. The van der Waals surface area contributed by atoms with Crippen molar-refractivity contribution < 1.29 is 26.3 Å². The molecule has 4 rings (SSSR count). The number of nitrogens with one attached hydrogen (secondary N) is 1. The van der Waals surface area contributed by atoms with Gasteiger partial charge in [0.15, 0.2) is 0 Å². The Morgan fingerprint density at radius 1 is 1.14 bits per heavy atom. The molecule has 2 aromatic heterocycles. The Morgan fingerprint density at radius 3 is 2.43 bits per heavy atom. The molecule has 0 unspecified atom stereocenters. The molecule has 1 aliphatic rings. The van der Waals surface area contributed by atoms with Crippen LogP contribution in [0.2, 0.25) is 5.02 Å². The van der Waals surface area contributed by atoms with Crippen LogP contribution in [0.15, 0.2) is 47.4 Å². The molecule has 6 nitrogen and oxygen atoms in total. The minimum atomic E-state index is -4.85. The summed E-state index contributed by atoms with van der Waals surface area (Å²) in [7, 11) is -4.06. The molecule has 0 amide bonds. The number of hydrogen-bond donors (Lipinski definition) is 1. The Hall–Kier alpha value is -2.46. The van der Waals surface area contributed by atoms with Crippen LogP contribution < -0.4 is 9.46 Å². The van der Waals surface area contributed by atoms with Gasteiger partial charge < -0.3 is 4.74 Å². The third-order valence-electron chi connectivity index (χ3n) is 4.19. The molecule has 3 aromatic rings. The lowest BCUT2D eigenvalue weighted by molar-refractivity contribution is -0.274. The lowest BCUT2D eigenvalue weighted by atomic mass is 10.3. The number of benzene rings is 1. The van der Waals surface area contributed by atoms with Gasteiger partial charge in [0.25, 0.3) is 10.0 Å². The molecule has 0 aliphatic heterocycles. The van der Waals surface area contributed by atoms with Crippen LogP contribution in [-0.2, 0) is 10.0 Å². The van der Waals surface area contributed by atoms with Crippen molar-refractivity contribution in [3.63, 3.8) is 0 Å². The average Bonchev–Trinajstić information content (AvgIpc) is 3.35. The smallest absolute Gasteiger partial charge is 0.406 e. The highest BCUT2D eigenvalue weighted by atomic mass is 35.5. The molecular weight excluding hydrogens is 419 g/mol. The molecule has 148 valence electrons. The third-order valence-corrected chi connectivity index (χ3v) is 5.88. The zero-order valence-electron chi connectivity index (χ0n) is 14.1. The second-order valence-corrected chi connectivity index (χ2v) is 8.42. The Morgan fingerprint density at radius 2 is 1.82 bits per heavy atom. The van der Waals surface area contributed by atoms with Gasteiger partial charge in [-0.05, 0) is 55.3 Å². The fourth-order valence-corrected chi connectivity index (χ4v) is 3.97. The molecule has 1 saturated carbocycles. The van der Waals surface area contributed by atoms with E-state index in [9.17, 15) is 21.6 Å². The van der Waals surface area contributed by atoms with E-state index in [0.29, 0.717) is 16.5 Å². The second kappa shape index (κ2) is 6.56. The third kappa shape index (κ3) is 3.88. The molecule has 2 heterocycles. The van der Waals surface area contributed by atoms with Crippen molar-refractivity contribution in [2.75, 3.05) is 4.72 Å². The van der Waals surface area contributed by atoms with Crippen LogP contribution in [0.3, 0.4) is 0 Å². The van der Waals surface area contributed by atoms with E-state index >= 15 is 0 Å². The fourth-order valence-electron chi connectivity index (χ4n) is 2.73. The number of fused-ring (bicyclic) bond motifs is 1. The van der Waals surface area contributed by atoms with Crippen molar-refractivity contribution in [1.82, 2.24) is 9.61 Å². The lowest BCUT2D eigenvalue weighted by Gasteiger charge is -2.12. The normalized spacial score (nSPS) is 15.0. The van der Waals surface area contributed by atoms with Gasteiger partial charge in [0.2, 0.25) is 0 Å². The molecule has 0 saturated heterocycles. The van der Waals surface area contributed by atoms with Crippen molar-refractivity contribution in [3.05, 3.63) is 53.2 Å². The largest absolute Gasteiger partial charge is 0.573 e. The number of aromatic nitrogens is 2. The SMILES string of the molecule is O=S(=O)(Nc1ccc(Cl)c2cc(C3CC3)nn12)c1ccc(OC(F)(F)F)cc1. The molecule has 0 radical (unpaired) electrons. The van der Waals surface area contributed by atoms with Gasteiger partial charge in [-0.2, -0.15) is 5.10 Å². The minimum absolute atomic E-state index is 0.168. The van der Waals surface area contributed by atoms with Crippen LogP contribution in [0.4, 0.5) is 19.0 Å². The van der Waals surface area contributed by atoms with E-state index in [4.69, 9.17) is 11.6 Å². The molecule has 0 spiro atoms. The predicted octanol–water partition coefficient (Wildman–Crippen LogP) is 4.56. The molecule has 0 bridgehead atoms. The van der Waals surface area contributed by atoms with Crippen LogP contribution in [0.5, 0.6) is 5.75 Å². The van der Waals surface area contributed by atoms with E-state index < -0.39 is 22.1 Å². The van der Waals surface area contributed by atoms with Gasteiger partial charge in [-0.3, -0.25) is 4.72 Å². The van der Waals surface area contributed by atoms with E-state index in [1.165, 1.54) is 10.6 Å². The number of rotatable bonds is 5. The minimum Gasteiger partial charge on any atom is -0.406 e. The van der Waals surface area contributed by atoms with Gasteiger partial charge in [-0.15, -0.1) is 13.2 Å². The zero-order valence-corrected chi connectivity index (χ0v) is 15.6. The Labute approximate surface area is 162 Å². The summed E-state index contributed by atoms with van der Waals surface area (Å²) in [5.74, 6) is 0.00463. The summed E-state index contributed by atoms with van der Waals surface area (Å²) >= 11 is 6.18. The highest BCUT2D eigenvalue weighted by Gasteiger charge is 2.31. The van der Waals surface area contributed by atoms with E-state index in [2.05, 4.69) is 14.6 Å². The van der Waals surface area contributed by atoms with E-state index in [0.717, 1.165) is 42.8 Å². The molecule has 1 fully saturated rings. The first-order valence-corrected chi connectivity index (χ1v) is 10.1. The maximum atomic E-state index is 12.6. The molecule has 1 aromatic carbocycles. The summed E-state index contributed by atoms with van der Waals surface area (Å²) < 4.78 is 69.5. The summed E-state index contributed by atoms with van der Waals surface area (Å²) in [5, 5.41) is 4.85. The molecule has 1 N–H and O–H groups in total. The van der Waals surface area contributed by atoms with Crippen molar-refractivity contribution in [2.45, 2.75) is 30.0 Å². The maximum absolute atomic E-state index is 12.6. The lowest BCUT2D eigenvalue weighted by Crippen LogP contribution is -2.18. The molecule has 11 heteroatoms. The number of anilines is 1. The highest BCUT2D eigenvalue weighted by Crippen LogP contribution is 2.40. The summed E-state index contributed by atoms with van der Waals surface area (Å²) in [6.45, 7) is 0. The van der Waals surface area contributed by atoms with Crippen LogP contribution >= 0.6 is 11.6 Å². The first-order valence-electron chi connectivity index (χ1n) is 8.19. The van der Waals surface area contributed by atoms with Crippen LogP contribution in [0.25, 0.3) is 5.52 Å². The van der Waals surface area contributed by atoms with Gasteiger partial charge in [0, 0.05) is 5.92 Å². The quantitative estimate of drug-likeness (QED) is 0.642. The van der Waals surface area contributed by atoms with Gasteiger partial charge in [-0.25, -0.2) is 12.9 Å². The van der Waals surface area contributed by atoms with Gasteiger partial charge in [0.05, 0.1) is 21.1 Å². The van der Waals surface area contributed by atoms with Crippen LogP contribution in [-0.4, -0.2) is 24.4 Å². The van der Waals surface area contributed by atoms with E-state index in [1.54, 1.807) is 6.07 Å². The van der Waals surface area contributed by atoms with Crippen LogP contribution in [0.1, 0.15) is 24.5 Å². The van der Waals surface area contributed by atoms with E-state index in [1.807, 2.05) is 6.07 Å². The molecule has 1 aliphatic carbocycles. The average molecular weight is 432 g/mol. The summed E-state index contributed by atoms with van der Waals surface area (Å²) in [6, 6.07) is 8.74. The standard InChI is InChI=1S/C17H13ClF3N3O3S/c18-13-7-8-16(24-15(13)9-14(22-24)10-1-2-10)23-28(25,26)12-5-3-11(4-6-12)27-17(19,20)21/h3-10,23H,1-2H2. The fraction of sp³-hybridized carbons (Fsp3) is 0.235. The maximum Gasteiger partial charge on any atom is 0.573 e. The highest BCUT2D eigenvalue weighted by molar-refractivity contribution is 7.92. The van der Waals surface area contributed by atoms with E-state index in [-0.39, 0.29) is 10.7 Å². The van der Waals surface area contributed by atoms with Crippen molar-refractivity contribution in [3.8, 4) is 5.75 Å². The molecular formula is C17H13ClF3N3O3S. The first kappa shape index (κ1) is 18.9. The summed E-state index contributed by atoms with van der Waals surface area (Å²) in [6.07, 6.45) is -2.81. The topological polar surface area (TPSA) is 72.7 Å². The van der Waals surface area contributed by atoms with Crippen molar-refractivity contribution >= 4 is 33.0 Å². The number of ether oxygens (including phenoxy) is 1. The first-order chi connectivity index (χ1) is 13.1. The predicted molar refractivity (Wildman–Crippen MR) is 96.1 cm³/mol. The summed E-state index contributed by atoms with van der Waals surface area (Å²) in [5.41, 5.74) is 1.40. The monoisotopic (exact) mass is 431 g/mol. The number of halogens is 4. The number of alkyl halides is 3. The molecule has 0 atom stereocenters. The van der Waals surface area contributed by atoms with Gasteiger partial charge >= 0.3 is 6.36 Å². The summed E-state index contributed by atoms with van der Waals surface area (Å²) in [4.78, 5) is -0.223. The number of nitrogens with zero attached hydrogens (tertiary/aromatic N) is 2. The van der Waals surface area contributed by atoms with Crippen LogP contribution in [0, 0.1) is 0 Å². The van der Waals surface area contributed by atoms with Crippen molar-refractivity contribution in [2.24, 2.45) is 0 Å². The number of pyridine rings is 1. The number of sulfonamides is 1. The van der Waals surface area contributed by atoms with Gasteiger partial charge in [-0.1, -0.05) is 11.6 Å². The zero-order chi connectivity index (χ0) is 20.1. The number of hydrogen-bond acceptors (Lipinski definition) is 4. The van der Waals surface area contributed by atoms with Gasteiger partial charge in [0.1, 0.15) is 11.6 Å². The Balaban J connectivity index is 1.63.